The fourth-order valence-electron chi connectivity index (χ4n) is 6.05. The van der Waals surface area contributed by atoms with Crippen LogP contribution in [-0.2, 0) is 5.41 Å². The molecule has 4 fully saturated rings. The third-order valence-electron chi connectivity index (χ3n) is 7.27. The lowest BCUT2D eigenvalue weighted by Crippen LogP contribution is -2.70. The van der Waals surface area contributed by atoms with Crippen molar-refractivity contribution in [2.24, 2.45) is 5.92 Å². The first-order chi connectivity index (χ1) is 14.2. The lowest BCUT2D eigenvalue weighted by molar-refractivity contribution is 0.0181. The van der Waals surface area contributed by atoms with E-state index in [1.807, 2.05) is 30.5 Å². The smallest absolute Gasteiger partial charge is 0.253 e. The molecule has 5 heteroatoms. The number of aromatic nitrogens is 1. The third kappa shape index (κ3) is 2.65. The Labute approximate surface area is 170 Å². The van der Waals surface area contributed by atoms with Gasteiger partial charge >= 0.3 is 0 Å². The molecule has 3 atom stereocenters. The van der Waals surface area contributed by atoms with E-state index < -0.39 is 0 Å². The summed E-state index contributed by atoms with van der Waals surface area (Å²) in [6.45, 7) is 6.45. The average Bonchev–Trinajstić information content (AvgIpc) is 3.02. The largest absolute Gasteiger partial charge is 0.360 e. The second-order valence-corrected chi connectivity index (χ2v) is 8.95. The number of aromatic amines is 1. The summed E-state index contributed by atoms with van der Waals surface area (Å²) in [5.74, 6) is 0.494. The molecule has 0 radical (unpaired) electrons. The van der Waals surface area contributed by atoms with Crippen LogP contribution in [0.5, 0.6) is 0 Å². The van der Waals surface area contributed by atoms with Gasteiger partial charge in [0.25, 0.3) is 5.91 Å². The highest BCUT2D eigenvalue weighted by molar-refractivity contribution is 6.06. The van der Waals surface area contributed by atoms with Gasteiger partial charge in [-0.25, -0.2) is 0 Å². The molecule has 2 unspecified atom stereocenters. The van der Waals surface area contributed by atoms with Crippen molar-refractivity contribution in [3.05, 3.63) is 71.9 Å². The van der Waals surface area contributed by atoms with Crippen molar-refractivity contribution in [2.75, 3.05) is 39.3 Å². The van der Waals surface area contributed by atoms with Gasteiger partial charge in [-0.15, -0.1) is 0 Å². The molecule has 1 aromatic heterocycles. The van der Waals surface area contributed by atoms with Crippen LogP contribution < -0.4 is 5.32 Å². The highest BCUT2D eigenvalue weighted by Gasteiger charge is 2.55. The second kappa shape index (κ2) is 6.44. The molecule has 3 aromatic rings. The van der Waals surface area contributed by atoms with E-state index in [-0.39, 0.29) is 17.4 Å². The monoisotopic (exact) mass is 386 g/mol. The van der Waals surface area contributed by atoms with Crippen LogP contribution in [0.15, 0.2) is 60.8 Å². The standard InChI is InChI=1S/C24H26N4O/c29-23(20-12-25-21-9-5-4-8-19(20)21)26-22-17-13-27-10-11-28(14-17)16-24(22,15-27)18-6-2-1-3-7-18/h1-9,12,17,22,25H,10-11,13-16H2,(H,26,29)/t17?,22-,24?/m1/s1. The van der Waals surface area contributed by atoms with E-state index in [9.17, 15) is 4.79 Å². The van der Waals surface area contributed by atoms with E-state index in [0.29, 0.717) is 5.92 Å². The normalized spacial score (nSPS) is 33.0. The average molecular weight is 386 g/mol. The zero-order valence-corrected chi connectivity index (χ0v) is 16.5. The number of nitrogens with one attached hydrogen (secondary N) is 2. The quantitative estimate of drug-likeness (QED) is 0.727. The molecule has 4 aliphatic rings. The molecule has 4 aliphatic heterocycles. The van der Waals surface area contributed by atoms with E-state index in [1.54, 1.807) is 0 Å². The SMILES string of the molecule is O=C(N[C@@H]1C2CN3CCN(C2)CC1(c1ccccc1)C3)c1c[nH]c2ccccc12. The van der Waals surface area contributed by atoms with Gasteiger partial charge in [0.05, 0.1) is 5.56 Å². The van der Waals surface area contributed by atoms with E-state index in [4.69, 9.17) is 0 Å². The summed E-state index contributed by atoms with van der Waals surface area (Å²) in [6, 6.07) is 19.0. The summed E-state index contributed by atoms with van der Waals surface area (Å²) in [5, 5.41) is 4.50. The van der Waals surface area contributed by atoms with Gasteiger partial charge in [0, 0.05) is 73.7 Å². The number of fused-ring (bicyclic) bond motifs is 2. The maximum Gasteiger partial charge on any atom is 0.253 e. The lowest BCUT2D eigenvalue weighted by Gasteiger charge is -2.55. The lowest BCUT2D eigenvalue weighted by atomic mass is 9.64. The van der Waals surface area contributed by atoms with Crippen LogP contribution in [0.2, 0.25) is 0 Å². The highest BCUT2D eigenvalue weighted by Crippen LogP contribution is 2.43. The number of amides is 1. The Bertz CT molecular complexity index is 1040. The predicted octanol–water partition coefficient (Wildman–Crippen LogP) is 2.47. The summed E-state index contributed by atoms with van der Waals surface area (Å²) in [7, 11) is 0. The van der Waals surface area contributed by atoms with Gasteiger partial charge in [0.2, 0.25) is 0 Å². The van der Waals surface area contributed by atoms with Gasteiger partial charge in [-0.2, -0.15) is 0 Å². The maximum atomic E-state index is 13.4. The number of hydrogen-bond donors (Lipinski definition) is 2. The van der Waals surface area contributed by atoms with Crippen molar-refractivity contribution in [3.8, 4) is 0 Å². The van der Waals surface area contributed by atoms with Gasteiger partial charge < -0.3 is 20.1 Å². The van der Waals surface area contributed by atoms with Crippen LogP contribution >= 0.6 is 0 Å². The Balaban J connectivity index is 1.40. The Morgan fingerprint density at radius 3 is 2.41 bits per heavy atom. The van der Waals surface area contributed by atoms with Crippen LogP contribution in [-0.4, -0.2) is 66.0 Å². The molecule has 0 spiro atoms. The van der Waals surface area contributed by atoms with E-state index in [2.05, 4.69) is 50.4 Å². The molecule has 4 bridgehead atoms. The number of nitrogens with zero attached hydrogens (tertiary/aromatic N) is 2. The molecule has 4 saturated heterocycles. The molecule has 2 aromatic carbocycles. The Morgan fingerprint density at radius 2 is 1.66 bits per heavy atom. The van der Waals surface area contributed by atoms with Crippen molar-refractivity contribution in [1.29, 1.82) is 0 Å². The molecular weight excluding hydrogens is 360 g/mol. The molecule has 2 N–H and O–H groups in total. The number of H-pyrrole nitrogens is 1. The number of para-hydroxylation sites is 1. The minimum atomic E-state index is -0.0549. The summed E-state index contributed by atoms with van der Waals surface area (Å²) < 4.78 is 0. The van der Waals surface area contributed by atoms with Crippen LogP contribution in [0.3, 0.4) is 0 Å². The summed E-state index contributed by atoms with van der Waals surface area (Å²) in [4.78, 5) is 21.9. The van der Waals surface area contributed by atoms with E-state index >= 15 is 0 Å². The number of carbonyl (C=O) groups excluding carboxylic acids is 1. The van der Waals surface area contributed by atoms with Crippen LogP contribution in [0, 0.1) is 5.92 Å². The van der Waals surface area contributed by atoms with Crippen molar-refractivity contribution < 1.29 is 4.79 Å². The number of piperidine rings is 2. The molecule has 5 nitrogen and oxygen atoms in total. The van der Waals surface area contributed by atoms with Gasteiger partial charge in [-0.1, -0.05) is 48.5 Å². The summed E-state index contributed by atoms with van der Waals surface area (Å²) >= 11 is 0. The first-order valence-corrected chi connectivity index (χ1v) is 10.6. The first-order valence-electron chi connectivity index (χ1n) is 10.6. The maximum absolute atomic E-state index is 13.4. The fourth-order valence-corrected chi connectivity index (χ4v) is 6.05. The Hall–Kier alpha value is -2.63. The number of hydrogen-bond acceptors (Lipinski definition) is 3. The second-order valence-electron chi connectivity index (χ2n) is 8.95. The van der Waals surface area contributed by atoms with Gasteiger partial charge in [0.1, 0.15) is 0 Å². The minimum absolute atomic E-state index is 0.0407. The number of carbonyl (C=O) groups is 1. The van der Waals surface area contributed by atoms with Gasteiger partial charge in [-0.05, 0) is 11.6 Å². The number of rotatable bonds is 3. The van der Waals surface area contributed by atoms with Crippen molar-refractivity contribution in [3.63, 3.8) is 0 Å². The minimum Gasteiger partial charge on any atom is -0.360 e. The Morgan fingerprint density at radius 1 is 0.966 bits per heavy atom. The fraction of sp³-hybridized carbons (Fsp3) is 0.375. The molecule has 1 amide bonds. The van der Waals surface area contributed by atoms with Crippen molar-refractivity contribution in [1.82, 2.24) is 20.1 Å². The van der Waals surface area contributed by atoms with Gasteiger partial charge in [-0.3, -0.25) is 4.79 Å². The summed E-state index contributed by atoms with van der Waals surface area (Å²) in [5.41, 5.74) is 3.05. The molecule has 29 heavy (non-hydrogen) atoms. The first kappa shape index (κ1) is 17.2. The number of benzene rings is 2. The van der Waals surface area contributed by atoms with Crippen molar-refractivity contribution in [2.45, 2.75) is 11.5 Å². The van der Waals surface area contributed by atoms with E-state index in [1.165, 1.54) is 5.56 Å². The van der Waals surface area contributed by atoms with E-state index in [0.717, 1.165) is 55.7 Å². The van der Waals surface area contributed by atoms with Crippen LogP contribution in [0.1, 0.15) is 15.9 Å². The molecule has 7 rings (SSSR count). The van der Waals surface area contributed by atoms with Crippen LogP contribution in [0.25, 0.3) is 10.9 Å². The van der Waals surface area contributed by atoms with Crippen LogP contribution in [0.4, 0.5) is 0 Å². The zero-order valence-electron chi connectivity index (χ0n) is 16.5. The molecular formula is C24H26N4O. The topological polar surface area (TPSA) is 51.4 Å². The molecule has 148 valence electrons. The van der Waals surface area contributed by atoms with Gasteiger partial charge in [0.15, 0.2) is 0 Å². The Kier molecular flexibility index (Phi) is 3.83. The molecule has 0 saturated carbocycles. The highest BCUT2D eigenvalue weighted by atomic mass is 16.1. The van der Waals surface area contributed by atoms with Crippen molar-refractivity contribution >= 4 is 16.8 Å². The predicted molar refractivity (Wildman–Crippen MR) is 114 cm³/mol. The molecule has 0 aliphatic carbocycles. The third-order valence-corrected chi connectivity index (χ3v) is 7.27. The summed E-state index contributed by atoms with van der Waals surface area (Å²) in [6.07, 6.45) is 1.85. The zero-order chi connectivity index (χ0) is 19.4. The molecule has 5 heterocycles.